The highest BCUT2D eigenvalue weighted by Crippen LogP contribution is 2.40. The smallest absolute Gasteiger partial charge is 0.357 e. The van der Waals surface area contributed by atoms with E-state index in [1.165, 1.54) is 13.2 Å². The Hall–Kier alpha value is -2.90. The number of benzene rings is 1. The topological polar surface area (TPSA) is 71.1 Å². The van der Waals surface area contributed by atoms with Gasteiger partial charge in [0, 0.05) is 18.6 Å². The van der Waals surface area contributed by atoms with E-state index in [2.05, 4.69) is 15.6 Å². The average Bonchev–Trinajstić information content (AvgIpc) is 2.71. The number of likely N-dealkylation sites (N-methyl/N-ethyl adjacent to an activating group) is 1. The van der Waals surface area contributed by atoms with Crippen LogP contribution in [0.4, 0.5) is 13.2 Å². The van der Waals surface area contributed by atoms with E-state index in [1.54, 1.807) is 31.2 Å². The highest BCUT2D eigenvalue weighted by molar-refractivity contribution is 6.01. The van der Waals surface area contributed by atoms with Crippen LogP contribution in [0, 0.1) is 5.92 Å². The van der Waals surface area contributed by atoms with E-state index < -0.39 is 24.0 Å². The van der Waals surface area contributed by atoms with Crippen molar-refractivity contribution in [2.45, 2.75) is 38.4 Å². The Balaban J connectivity index is 1.90. The van der Waals surface area contributed by atoms with E-state index in [1.807, 2.05) is 6.07 Å². The molecule has 0 bridgehead atoms. The summed E-state index contributed by atoms with van der Waals surface area (Å²) in [7, 11) is 1.48. The molecule has 0 aliphatic heterocycles. The van der Waals surface area contributed by atoms with Gasteiger partial charge in [-0.15, -0.1) is 0 Å². The summed E-state index contributed by atoms with van der Waals surface area (Å²) in [6.07, 6.45) is -0.818. The number of hydrogen-bond donors (Lipinski definition) is 2. The minimum absolute atomic E-state index is 0.0446. The molecule has 0 saturated heterocycles. The van der Waals surface area contributed by atoms with Crippen LogP contribution in [0.25, 0.3) is 16.5 Å². The first-order valence-electron chi connectivity index (χ1n) is 9.38. The molecule has 1 unspecified atom stereocenters. The fraction of sp³-hybridized carbons (Fsp3) is 0.381. The fourth-order valence-corrected chi connectivity index (χ4v) is 3.49. The molecule has 3 rings (SSSR count). The van der Waals surface area contributed by atoms with E-state index in [-0.39, 0.29) is 24.3 Å². The van der Waals surface area contributed by atoms with Crippen LogP contribution in [0.15, 0.2) is 36.5 Å². The van der Waals surface area contributed by atoms with E-state index in [0.29, 0.717) is 17.3 Å². The van der Waals surface area contributed by atoms with Crippen molar-refractivity contribution in [2.75, 3.05) is 7.05 Å². The van der Waals surface area contributed by atoms with E-state index in [9.17, 15) is 22.8 Å². The zero-order chi connectivity index (χ0) is 21.2. The van der Waals surface area contributed by atoms with Gasteiger partial charge in [-0.3, -0.25) is 14.6 Å². The van der Waals surface area contributed by atoms with Crippen molar-refractivity contribution in [3.63, 3.8) is 0 Å². The van der Waals surface area contributed by atoms with E-state index in [0.717, 1.165) is 11.1 Å². The molecular weight excluding hydrogens is 383 g/mol. The Morgan fingerprint density at radius 3 is 2.66 bits per heavy atom. The molecule has 0 spiro atoms. The number of carbonyl (C=O) groups is 2. The Morgan fingerprint density at radius 2 is 2.03 bits per heavy atom. The van der Waals surface area contributed by atoms with Gasteiger partial charge in [0.15, 0.2) is 0 Å². The number of carbonyl (C=O) groups excluding carboxylic acids is 2. The Morgan fingerprint density at radius 1 is 1.28 bits per heavy atom. The van der Waals surface area contributed by atoms with Gasteiger partial charge in [0.2, 0.25) is 5.91 Å². The zero-order valence-corrected chi connectivity index (χ0v) is 16.1. The molecule has 2 amide bonds. The van der Waals surface area contributed by atoms with Gasteiger partial charge < -0.3 is 10.6 Å². The number of hydrogen-bond acceptors (Lipinski definition) is 3. The van der Waals surface area contributed by atoms with Crippen molar-refractivity contribution in [3.8, 4) is 0 Å². The monoisotopic (exact) mass is 405 g/mol. The predicted molar refractivity (Wildman–Crippen MR) is 104 cm³/mol. The summed E-state index contributed by atoms with van der Waals surface area (Å²) in [4.78, 5) is 28.4. The lowest BCUT2D eigenvalue weighted by Crippen LogP contribution is -2.43. The third-order valence-corrected chi connectivity index (χ3v) is 5.19. The van der Waals surface area contributed by atoms with Crippen LogP contribution in [0.3, 0.4) is 0 Å². The molecule has 2 aromatic rings. The molecular formula is C21H22F3N3O2. The standard InChI is InChI=1S/C21H22F3N3O2/c1-12(19(28)25-2)27-20(29)14-10-17-16(4-3-5-18(17)26-11-14)13-6-8-15(9-7-13)21(22,23)24/h3-6,10-12,15H,7-9H2,1-2H3,(H,25,28)(H,27,29)/t12-,15?/m1/s1. The number of rotatable bonds is 4. The van der Waals surface area contributed by atoms with Crippen molar-refractivity contribution in [1.82, 2.24) is 15.6 Å². The fourth-order valence-electron chi connectivity index (χ4n) is 3.49. The van der Waals surface area contributed by atoms with Crippen molar-refractivity contribution in [1.29, 1.82) is 0 Å². The molecule has 1 aromatic carbocycles. The minimum Gasteiger partial charge on any atom is -0.357 e. The van der Waals surface area contributed by atoms with Gasteiger partial charge in [-0.25, -0.2) is 0 Å². The highest BCUT2D eigenvalue weighted by atomic mass is 19.4. The van der Waals surface area contributed by atoms with Crippen LogP contribution < -0.4 is 10.6 Å². The van der Waals surface area contributed by atoms with Gasteiger partial charge >= 0.3 is 6.18 Å². The molecule has 0 fully saturated rings. The normalized spacial score (nSPS) is 18.1. The molecule has 2 atom stereocenters. The molecule has 5 nitrogen and oxygen atoms in total. The Labute approximate surface area is 166 Å². The van der Waals surface area contributed by atoms with Gasteiger partial charge in [-0.05, 0) is 49.5 Å². The lowest BCUT2D eigenvalue weighted by molar-refractivity contribution is -0.175. The molecule has 0 radical (unpaired) electrons. The molecule has 0 saturated carbocycles. The van der Waals surface area contributed by atoms with Gasteiger partial charge in [0.1, 0.15) is 6.04 Å². The number of amides is 2. The molecule has 29 heavy (non-hydrogen) atoms. The van der Waals surface area contributed by atoms with Crippen molar-refractivity contribution in [2.24, 2.45) is 5.92 Å². The summed E-state index contributed by atoms with van der Waals surface area (Å²) in [6, 6.07) is 6.38. The number of pyridine rings is 1. The maximum Gasteiger partial charge on any atom is 0.392 e. The van der Waals surface area contributed by atoms with Crippen molar-refractivity contribution in [3.05, 3.63) is 47.7 Å². The molecule has 1 heterocycles. The van der Waals surface area contributed by atoms with Gasteiger partial charge in [0.25, 0.3) is 5.91 Å². The number of fused-ring (bicyclic) bond motifs is 1. The second-order valence-corrected chi connectivity index (χ2v) is 7.15. The number of nitrogens with zero attached hydrogens (tertiary/aromatic N) is 1. The summed E-state index contributed by atoms with van der Waals surface area (Å²) >= 11 is 0. The Bertz CT molecular complexity index is 969. The second-order valence-electron chi connectivity index (χ2n) is 7.15. The summed E-state index contributed by atoms with van der Waals surface area (Å²) in [5, 5.41) is 5.76. The first-order chi connectivity index (χ1) is 13.7. The number of nitrogens with one attached hydrogen (secondary N) is 2. The lowest BCUT2D eigenvalue weighted by Gasteiger charge is -2.24. The van der Waals surface area contributed by atoms with Crippen LogP contribution in [0.1, 0.15) is 42.1 Å². The van der Waals surface area contributed by atoms with Crippen molar-refractivity contribution >= 4 is 28.3 Å². The van der Waals surface area contributed by atoms with Crippen LogP contribution in [-0.2, 0) is 4.79 Å². The largest absolute Gasteiger partial charge is 0.392 e. The van der Waals surface area contributed by atoms with E-state index >= 15 is 0 Å². The maximum atomic E-state index is 12.9. The number of halogens is 3. The molecule has 1 aliphatic carbocycles. The molecule has 1 aliphatic rings. The third kappa shape index (κ3) is 4.58. The number of alkyl halides is 3. The summed E-state index contributed by atoms with van der Waals surface area (Å²) < 4.78 is 38.8. The summed E-state index contributed by atoms with van der Waals surface area (Å²) in [5.41, 5.74) is 2.54. The minimum atomic E-state index is -4.19. The highest BCUT2D eigenvalue weighted by Gasteiger charge is 2.39. The SMILES string of the molecule is CNC(=O)[C@@H](C)NC(=O)c1cnc2cccc(C3=CCC(C(F)(F)F)CC3)c2c1. The molecule has 2 N–H and O–H groups in total. The van der Waals surface area contributed by atoms with Crippen molar-refractivity contribution < 1.29 is 22.8 Å². The second kappa shape index (κ2) is 8.23. The quantitative estimate of drug-likeness (QED) is 0.812. The number of allylic oxidation sites excluding steroid dienone is 2. The van der Waals surface area contributed by atoms with Gasteiger partial charge in [0.05, 0.1) is 17.0 Å². The molecule has 154 valence electrons. The Kier molecular flexibility index (Phi) is 5.91. The van der Waals surface area contributed by atoms with Crippen LogP contribution in [0.2, 0.25) is 0 Å². The first kappa shape index (κ1) is 20.8. The average molecular weight is 405 g/mol. The zero-order valence-electron chi connectivity index (χ0n) is 16.1. The molecule has 1 aromatic heterocycles. The van der Waals surface area contributed by atoms with E-state index in [4.69, 9.17) is 0 Å². The molecule has 8 heteroatoms. The van der Waals surface area contributed by atoms with Gasteiger partial charge in [-0.1, -0.05) is 18.2 Å². The van der Waals surface area contributed by atoms with Gasteiger partial charge in [-0.2, -0.15) is 13.2 Å². The lowest BCUT2D eigenvalue weighted by atomic mass is 9.85. The van der Waals surface area contributed by atoms with Crippen LogP contribution >= 0.6 is 0 Å². The third-order valence-electron chi connectivity index (χ3n) is 5.19. The summed E-state index contributed by atoms with van der Waals surface area (Å²) in [6.45, 7) is 1.57. The maximum absolute atomic E-state index is 12.9. The number of aromatic nitrogens is 1. The van der Waals surface area contributed by atoms with Crippen LogP contribution in [-0.4, -0.2) is 36.1 Å². The first-order valence-corrected chi connectivity index (χ1v) is 9.38. The van der Waals surface area contributed by atoms with Crippen LogP contribution in [0.5, 0.6) is 0 Å². The summed E-state index contributed by atoms with van der Waals surface area (Å²) in [5.74, 6) is -2.08. The predicted octanol–water partition coefficient (Wildman–Crippen LogP) is 3.84.